The van der Waals surface area contributed by atoms with Crippen LogP contribution in [0, 0.1) is 0 Å². The number of benzene rings is 1. The second-order valence-electron chi connectivity index (χ2n) is 4.40. The third kappa shape index (κ3) is 2.22. The van der Waals surface area contributed by atoms with E-state index >= 15 is 0 Å². The zero-order chi connectivity index (χ0) is 12.4. The number of para-hydroxylation sites is 1. The first kappa shape index (κ1) is 10.9. The summed E-state index contributed by atoms with van der Waals surface area (Å²) >= 11 is 0. The number of nitrogens with zero attached hydrogens (tertiary/aromatic N) is 1. The van der Waals surface area contributed by atoms with Gasteiger partial charge in [-0.05, 0) is 23.8 Å². The van der Waals surface area contributed by atoms with Gasteiger partial charge in [0.15, 0.2) is 0 Å². The fraction of sp³-hybridized carbons (Fsp3) is 0.214. The van der Waals surface area contributed by atoms with Crippen molar-refractivity contribution < 1.29 is 4.74 Å². The van der Waals surface area contributed by atoms with E-state index < -0.39 is 0 Å². The predicted molar refractivity (Wildman–Crippen MR) is 71.7 cm³/mol. The van der Waals surface area contributed by atoms with E-state index in [4.69, 9.17) is 10.5 Å². The van der Waals surface area contributed by atoms with E-state index in [1.165, 1.54) is 5.56 Å². The Labute approximate surface area is 106 Å². The standard InChI is InChI=1S/C14H15N3O/c15-14-6-5-11(8-17-14)16-9-12-7-10-3-1-2-4-13(10)18-12/h1-6,8,12,16H,7,9H2,(H2,15,17). The highest BCUT2D eigenvalue weighted by atomic mass is 16.5. The number of hydrogen-bond donors (Lipinski definition) is 2. The molecule has 2 heterocycles. The summed E-state index contributed by atoms with van der Waals surface area (Å²) in [6.45, 7) is 0.764. The molecular formula is C14H15N3O. The maximum Gasteiger partial charge on any atom is 0.123 e. The highest BCUT2D eigenvalue weighted by Gasteiger charge is 2.21. The van der Waals surface area contributed by atoms with Crippen LogP contribution in [-0.2, 0) is 6.42 Å². The first-order valence-electron chi connectivity index (χ1n) is 6.01. The third-order valence-corrected chi connectivity index (χ3v) is 3.03. The van der Waals surface area contributed by atoms with Crippen molar-refractivity contribution in [3.05, 3.63) is 48.2 Å². The molecule has 1 atom stereocenters. The molecule has 0 bridgehead atoms. The lowest BCUT2D eigenvalue weighted by Crippen LogP contribution is -2.23. The molecule has 3 N–H and O–H groups in total. The second kappa shape index (κ2) is 4.56. The van der Waals surface area contributed by atoms with Crippen molar-refractivity contribution in [3.8, 4) is 5.75 Å². The van der Waals surface area contributed by atoms with Crippen LogP contribution in [0.3, 0.4) is 0 Å². The fourth-order valence-corrected chi connectivity index (χ4v) is 2.11. The van der Waals surface area contributed by atoms with E-state index in [-0.39, 0.29) is 6.10 Å². The summed E-state index contributed by atoms with van der Waals surface area (Å²) in [5, 5.41) is 3.31. The zero-order valence-corrected chi connectivity index (χ0v) is 9.97. The van der Waals surface area contributed by atoms with Gasteiger partial charge in [-0.25, -0.2) is 4.98 Å². The maximum absolute atomic E-state index is 5.84. The molecule has 0 radical (unpaired) electrons. The van der Waals surface area contributed by atoms with E-state index in [1.54, 1.807) is 12.3 Å². The predicted octanol–water partition coefficient (Wildman–Crippen LogP) is 2.08. The summed E-state index contributed by atoms with van der Waals surface area (Å²) in [6, 6.07) is 11.9. The quantitative estimate of drug-likeness (QED) is 0.863. The largest absolute Gasteiger partial charge is 0.488 e. The molecule has 0 saturated heterocycles. The van der Waals surface area contributed by atoms with Gasteiger partial charge in [0.2, 0.25) is 0 Å². The van der Waals surface area contributed by atoms with Gasteiger partial charge in [0.1, 0.15) is 17.7 Å². The molecule has 0 spiro atoms. The van der Waals surface area contributed by atoms with Crippen LogP contribution < -0.4 is 15.8 Å². The van der Waals surface area contributed by atoms with Crippen molar-refractivity contribution >= 4 is 11.5 Å². The van der Waals surface area contributed by atoms with Crippen LogP contribution >= 0.6 is 0 Å². The summed E-state index contributed by atoms with van der Waals surface area (Å²) in [5.74, 6) is 1.53. The molecule has 0 fully saturated rings. The third-order valence-electron chi connectivity index (χ3n) is 3.03. The van der Waals surface area contributed by atoms with Crippen LogP contribution in [-0.4, -0.2) is 17.6 Å². The van der Waals surface area contributed by atoms with E-state index in [9.17, 15) is 0 Å². The number of nitrogens with two attached hydrogens (primary N) is 1. The molecule has 1 aromatic heterocycles. The van der Waals surface area contributed by atoms with Crippen molar-refractivity contribution in [1.29, 1.82) is 0 Å². The molecule has 3 rings (SSSR count). The lowest BCUT2D eigenvalue weighted by Gasteiger charge is -2.12. The molecule has 0 aliphatic carbocycles. The van der Waals surface area contributed by atoms with Gasteiger partial charge in [-0.1, -0.05) is 18.2 Å². The van der Waals surface area contributed by atoms with Crippen LogP contribution in [0.2, 0.25) is 0 Å². The highest BCUT2D eigenvalue weighted by molar-refractivity contribution is 5.46. The Morgan fingerprint density at radius 3 is 2.94 bits per heavy atom. The molecular weight excluding hydrogens is 226 g/mol. The molecule has 1 aliphatic rings. The lowest BCUT2D eigenvalue weighted by atomic mass is 10.1. The van der Waals surface area contributed by atoms with Crippen LogP contribution in [0.1, 0.15) is 5.56 Å². The topological polar surface area (TPSA) is 60.2 Å². The van der Waals surface area contributed by atoms with Gasteiger partial charge < -0.3 is 15.8 Å². The van der Waals surface area contributed by atoms with Crippen molar-refractivity contribution in [2.24, 2.45) is 0 Å². The van der Waals surface area contributed by atoms with Crippen molar-refractivity contribution in [1.82, 2.24) is 4.98 Å². The molecule has 0 amide bonds. The fourth-order valence-electron chi connectivity index (χ4n) is 2.11. The number of pyridine rings is 1. The zero-order valence-electron chi connectivity index (χ0n) is 9.97. The van der Waals surface area contributed by atoms with Crippen LogP contribution in [0.25, 0.3) is 0 Å². The van der Waals surface area contributed by atoms with Crippen molar-refractivity contribution in [2.75, 3.05) is 17.6 Å². The molecule has 4 nitrogen and oxygen atoms in total. The van der Waals surface area contributed by atoms with Gasteiger partial charge in [-0.15, -0.1) is 0 Å². The number of hydrogen-bond acceptors (Lipinski definition) is 4. The van der Waals surface area contributed by atoms with Crippen LogP contribution in [0.5, 0.6) is 5.75 Å². The Bertz CT molecular complexity index is 514. The average Bonchev–Trinajstić information content (AvgIpc) is 2.81. The minimum Gasteiger partial charge on any atom is -0.488 e. The van der Waals surface area contributed by atoms with Gasteiger partial charge in [0.05, 0.1) is 18.4 Å². The Morgan fingerprint density at radius 1 is 1.28 bits per heavy atom. The minimum atomic E-state index is 0.181. The van der Waals surface area contributed by atoms with E-state index in [2.05, 4.69) is 16.4 Å². The van der Waals surface area contributed by atoms with Crippen molar-refractivity contribution in [2.45, 2.75) is 12.5 Å². The van der Waals surface area contributed by atoms with Crippen LogP contribution in [0.15, 0.2) is 42.6 Å². The maximum atomic E-state index is 5.84. The summed E-state index contributed by atoms with van der Waals surface area (Å²) in [4.78, 5) is 4.04. The van der Waals surface area contributed by atoms with E-state index in [0.717, 1.165) is 24.4 Å². The Kier molecular flexibility index (Phi) is 2.76. The Hall–Kier alpha value is -2.23. The Morgan fingerprint density at radius 2 is 2.17 bits per heavy atom. The minimum absolute atomic E-state index is 0.181. The Balaban J connectivity index is 1.58. The summed E-state index contributed by atoms with van der Waals surface area (Å²) in [5.41, 5.74) is 7.78. The number of aromatic nitrogens is 1. The molecule has 0 saturated carbocycles. The summed E-state index contributed by atoms with van der Waals surface area (Å²) < 4.78 is 5.84. The lowest BCUT2D eigenvalue weighted by molar-refractivity contribution is 0.246. The first-order chi connectivity index (χ1) is 8.81. The summed E-state index contributed by atoms with van der Waals surface area (Å²) in [7, 11) is 0. The number of nitrogen functional groups attached to an aromatic ring is 1. The van der Waals surface area contributed by atoms with Gasteiger partial charge >= 0.3 is 0 Å². The summed E-state index contributed by atoms with van der Waals surface area (Å²) in [6.07, 6.45) is 2.86. The van der Waals surface area contributed by atoms with Crippen molar-refractivity contribution in [3.63, 3.8) is 0 Å². The number of fused-ring (bicyclic) bond motifs is 1. The van der Waals surface area contributed by atoms with Gasteiger partial charge in [-0.3, -0.25) is 0 Å². The molecule has 4 heteroatoms. The van der Waals surface area contributed by atoms with Crippen LogP contribution in [0.4, 0.5) is 11.5 Å². The molecule has 2 aromatic rings. The van der Waals surface area contributed by atoms with Gasteiger partial charge in [-0.2, -0.15) is 0 Å². The first-order valence-corrected chi connectivity index (χ1v) is 6.01. The average molecular weight is 241 g/mol. The normalized spacial score (nSPS) is 17.0. The smallest absolute Gasteiger partial charge is 0.123 e. The second-order valence-corrected chi connectivity index (χ2v) is 4.40. The number of ether oxygens (including phenoxy) is 1. The monoisotopic (exact) mass is 241 g/mol. The molecule has 18 heavy (non-hydrogen) atoms. The molecule has 1 unspecified atom stereocenters. The van der Waals surface area contributed by atoms with E-state index in [1.807, 2.05) is 24.3 Å². The number of rotatable bonds is 3. The number of anilines is 2. The molecule has 92 valence electrons. The van der Waals surface area contributed by atoms with Gasteiger partial charge in [0.25, 0.3) is 0 Å². The molecule has 1 aromatic carbocycles. The SMILES string of the molecule is Nc1ccc(NCC2Cc3ccccc3O2)cn1. The van der Waals surface area contributed by atoms with Gasteiger partial charge in [0, 0.05) is 6.42 Å². The highest BCUT2D eigenvalue weighted by Crippen LogP contribution is 2.28. The molecule has 1 aliphatic heterocycles. The number of nitrogens with one attached hydrogen (secondary N) is 1. The van der Waals surface area contributed by atoms with E-state index in [0.29, 0.717) is 5.82 Å².